The summed E-state index contributed by atoms with van der Waals surface area (Å²) in [6.07, 6.45) is 1.79. The van der Waals surface area contributed by atoms with Crippen molar-refractivity contribution in [2.75, 3.05) is 25.0 Å². The highest BCUT2D eigenvalue weighted by molar-refractivity contribution is 6.32. The number of hydrogen-bond acceptors (Lipinski definition) is 5. The quantitative estimate of drug-likeness (QED) is 0.619. The van der Waals surface area contributed by atoms with Crippen LogP contribution < -0.4 is 5.32 Å². The number of urea groups is 1. The smallest absolute Gasteiger partial charge is 0.410 e. The number of carbonyl (C=O) groups excluding carboxylic acids is 2. The lowest BCUT2D eigenvalue weighted by molar-refractivity contribution is -0.384. The van der Waals surface area contributed by atoms with Crippen molar-refractivity contribution in [3.63, 3.8) is 0 Å². The number of likely N-dealkylation sites (tertiary alicyclic amines) is 1. The molecule has 0 radical (unpaired) electrons. The van der Waals surface area contributed by atoms with Crippen LogP contribution in [0.2, 0.25) is 5.02 Å². The molecule has 2 saturated heterocycles. The van der Waals surface area contributed by atoms with E-state index in [1.807, 2.05) is 6.92 Å². The Kier molecular flexibility index (Phi) is 5.69. The first-order valence-electron chi connectivity index (χ1n) is 8.86. The molecule has 2 aliphatic heterocycles. The third-order valence-corrected chi connectivity index (χ3v) is 5.26. The zero-order chi connectivity index (χ0) is 19.6. The van der Waals surface area contributed by atoms with Crippen LogP contribution >= 0.6 is 11.6 Å². The van der Waals surface area contributed by atoms with E-state index in [4.69, 9.17) is 16.3 Å². The summed E-state index contributed by atoms with van der Waals surface area (Å²) in [5.74, 6) is 0. The highest BCUT2D eigenvalue weighted by Gasteiger charge is 2.37. The highest BCUT2D eigenvalue weighted by atomic mass is 35.5. The topological polar surface area (TPSA) is 105 Å². The minimum Gasteiger partial charge on any atom is -0.444 e. The number of ether oxygens (including phenoxy) is 1. The number of nitrogens with one attached hydrogen (secondary N) is 1. The van der Waals surface area contributed by atoms with E-state index >= 15 is 0 Å². The summed E-state index contributed by atoms with van der Waals surface area (Å²) in [5.41, 5.74) is 0.0540. The second-order valence-corrected chi connectivity index (χ2v) is 7.05. The van der Waals surface area contributed by atoms with Crippen molar-refractivity contribution in [2.24, 2.45) is 0 Å². The highest BCUT2D eigenvalue weighted by Crippen LogP contribution is 2.28. The number of rotatable bonds is 4. The molecule has 9 nitrogen and oxygen atoms in total. The summed E-state index contributed by atoms with van der Waals surface area (Å²) in [5, 5.41) is 13.6. The average Bonchev–Trinajstić information content (AvgIpc) is 3.04. The van der Waals surface area contributed by atoms with Crippen molar-refractivity contribution >= 4 is 35.1 Å². The van der Waals surface area contributed by atoms with Crippen LogP contribution in [0, 0.1) is 10.1 Å². The molecular formula is C17H21ClN4O5. The van der Waals surface area contributed by atoms with Gasteiger partial charge < -0.3 is 19.9 Å². The van der Waals surface area contributed by atoms with Crippen LogP contribution in [0.1, 0.15) is 26.2 Å². The second-order valence-electron chi connectivity index (χ2n) is 6.64. The Morgan fingerprint density at radius 2 is 2.11 bits per heavy atom. The van der Waals surface area contributed by atoms with E-state index in [1.54, 1.807) is 9.80 Å². The average molecular weight is 397 g/mol. The number of benzene rings is 1. The molecule has 0 aliphatic carbocycles. The number of cyclic esters (lactones) is 1. The molecule has 0 bridgehead atoms. The molecule has 2 aliphatic rings. The summed E-state index contributed by atoms with van der Waals surface area (Å²) >= 11 is 5.78. The lowest BCUT2D eigenvalue weighted by Crippen LogP contribution is -2.48. The monoisotopic (exact) mass is 396 g/mol. The molecule has 1 unspecified atom stereocenters. The van der Waals surface area contributed by atoms with Crippen molar-refractivity contribution in [3.8, 4) is 0 Å². The largest absolute Gasteiger partial charge is 0.444 e. The van der Waals surface area contributed by atoms with E-state index in [0.29, 0.717) is 38.2 Å². The molecule has 1 aromatic rings. The zero-order valence-electron chi connectivity index (χ0n) is 14.9. The Hall–Kier alpha value is -2.55. The molecule has 0 saturated carbocycles. The van der Waals surface area contributed by atoms with Crippen molar-refractivity contribution in [1.82, 2.24) is 9.80 Å². The first-order chi connectivity index (χ1) is 12.9. The number of nitro groups is 1. The van der Waals surface area contributed by atoms with Gasteiger partial charge in [0.25, 0.3) is 5.69 Å². The van der Waals surface area contributed by atoms with Crippen LogP contribution in [0.3, 0.4) is 0 Å². The van der Waals surface area contributed by atoms with Gasteiger partial charge in [-0.25, -0.2) is 9.59 Å². The Morgan fingerprint density at radius 1 is 1.41 bits per heavy atom. The molecule has 1 N–H and O–H groups in total. The van der Waals surface area contributed by atoms with E-state index in [9.17, 15) is 19.7 Å². The number of amides is 3. The number of nitrogens with zero attached hydrogens (tertiary/aromatic N) is 3. The first kappa shape index (κ1) is 19.2. The lowest BCUT2D eigenvalue weighted by Gasteiger charge is -2.35. The minimum absolute atomic E-state index is 0.0155. The van der Waals surface area contributed by atoms with Gasteiger partial charge in [0.15, 0.2) is 0 Å². The van der Waals surface area contributed by atoms with Crippen LogP contribution in [0.4, 0.5) is 21.0 Å². The summed E-state index contributed by atoms with van der Waals surface area (Å²) in [6, 6.07) is 3.86. The molecule has 146 valence electrons. The predicted molar refractivity (Wildman–Crippen MR) is 99.0 cm³/mol. The van der Waals surface area contributed by atoms with Gasteiger partial charge in [-0.05, 0) is 31.4 Å². The molecule has 3 amide bonds. The van der Waals surface area contributed by atoms with Crippen LogP contribution in [-0.4, -0.2) is 58.6 Å². The van der Waals surface area contributed by atoms with E-state index in [0.717, 1.165) is 6.42 Å². The van der Waals surface area contributed by atoms with Gasteiger partial charge in [0.05, 0.1) is 11.5 Å². The maximum Gasteiger partial charge on any atom is 0.410 e. The van der Waals surface area contributed by atoms with Crippen molar-refractivity contribution in [1.29, 1.82) is 0 Å². The molecular weight excluding hydrogens is 376 g/mol. The van der Waals surface area contributed by atoms with Crippen molar-refractivity contribution in [2.45, 2.75) is 38.3 Å². The molecule has 2 heterocycles. The summed E-state index contributed by atoms with van der Waals surface area (Å²) < 4.78 is 5.30. The van der Waals surface area contributed by atoms with Crippen LogP contribution in [-0.2, 0) is 4.74 Å². The summed E-state index contributed by atoms with van der Waals surface area (Å²) in [6.45, 7) is 3.57. The van der Waals surface area contributed by atoms with Crippen LogP contribution in [0.15, 0.2) is 18.2 Å². The zero-order valence-corrected chi connectivity index (χ0v) is 15.6. The SMILES string of the molecule is CCC1CN(C2CCN(C(=O)Nc3ccc(Cl)c([N+](=O)[O-])c3)CC2)C(=O)O1. The lowest BCUT2D eigenvalue weighted by atomic mass is 10.0. The predicted octanol–water partition coefficient (Wildman–Crippen LogP) is 3.48. The third kappa shape index (κ3) is 4.24. The molecule has 3 rings (SSSR count). The fourth-order valence-electron chi connectivity index (χ4n) is 3.37. The number of hydrogen-bond donors (Lipinski definition) is 1. The molecule has 27 heavy (non-hydrogen) atoms. The summed E-state index contributed by atoms with van der Waals surface area (Å²) in [4.78, 5) is 38.1. The molecule has 0 spiro atoms. The number of piperidine rings is 1. The number of halogens is 1. The van der Waals surface area contributed by atoms with E-state index in [1.165, 1.54) is 18.2 Å². The fraction of sp³-hybridized carbons (Fsp3) is 0.529. The van der Waals surface area contributed by atoms with Gasteiger partial charge in [-0.2, -0.15) is 0 Å². The van der Waals surface area contributed by atoms with E-state index in [2.05, 4.69) is 5.32 Å². The Balaban J connectivity index is 1.55. The standard InChI is InChI=1S/C17H21ClN4O5/c1-2-13-10-21(17(24)27-13)12-5-7-20(8-6-12)16(23)19-11-3-4-14(18)15(9-11)22(25)26/h3-4,9,12-13H,2,5-8,10H2,1H3,(H,19,23). The Bertz CT molecular complexity index is 751. The van der Waals surface area contributed by atoms with Gasteiger partial charge in [0.2, 0.25) is 0 Å². The maximum absolute atomic E-state index is 12.4. The van der Waals surface area contributed by atoms with Gasteiger partial charge >= 0.3 is 12.1 Å². The number of nitro benzene ring substituents is 1. The van der Waals surface area contributed by atoms with E-state index in [-0.39, 0.29) is 35.0 Å². The van der Waals surface area contributed by atoms with Gasteiger partial charge in [-0.15, -0.1) is 0 Å². The van der Waals surface area contributed by atoms with Gasteiger partial charge in [-0.1, -0.05) is 18.5 Å². The second kappa shape index (κ2) is 7.99. The Morgan fingerprint density at radius 3 is 2.70 bits per heavy atom. The van der Waals surface area contributed by atoms with Gasteiger partial charge in [0.1, 0.15) is 11.1 Å². The molecule has 2 fully saturated rings. The molecule has 1 atom stereocenters. The fourth-order valence-corrected chi connectivity index (χ4v) is 3.55. The maximum atomic E-state index is 12.4. The van der Waals surface area contributed by atoms with Crippen LogP contribution in [0.25, 0.3) is 0 Å². The van der Waals surface area contributed by atoms with Gasteiger partial charge in [-0.3, -0.25) is 10.1 Å². The molecule has 0 aromatic heterocycles. The Labute approximate surface area is 161 Å². The number of carbonyl (C=O) groups is 2. The van der Waals surface area contributed by atoms with Crippen LogP contribution in [0.5, 0.6) is 0 Å². The molecule has 1 aromatic carbocycles. The first-order valence-corrected chi connectivity index (χ1v) is 9.24. The third-order valence-electron chi connectivity index (χ3n) is 4.94. The summed E-state index contributed by atoms with van der Waals surface area (Å²) in [7, 11) is 0. The molecule has 10 heteroatoms. The van der Waals surface area contributed by atoms with Crippen molar-refractivity contribution < 1.29 is 19.2 Å². The normalized spacial score (nSPS) is 20.5. The van der Waals surface area contributed by atoms with E-state index < -0.39 is 4.92 Å². The number of anilines is 1. The minimum atomic E-state index is -0.595. The van der Waals surface area contributed by atoms with Crippen molar-refractivity contribution in [3.05, 3.63) is 33.3 Å². The van der Waals surface area contributed by atoms with Gasteiger partial charge in [0, 0.05) is 30.9 Å².